The summed E-state index contributed by atoms with van der Waals surface area (Å²) in [7, 11) is 0. The molecule has 37 heavy (non-hydrogen) atoms. The first-order valence-corrected chi connectivity index (χ1v) is 12.6. The van der Waals surface area contributed by atoms with Crippen LogP contribution in [-0.4, -0.2) is 55.3 Å². The van der Waals surface area contributed by atoms with Crippen molar-refractivity contribution in [2.75, 3.05) is 39.5 Å². The number of rotatable bonds is 8. The summed E-state index contributed by atoms with van der Waals surface area (Å²) in [5.41, 5.74) is 1.99. The molecule has 194 valence electrons. The molecule has 1 aliphatic carbocycles. The molecule has 5 nitrogen and oxygen atoms in total. The highest BCUT2D eigenvalue weighted by Gasteiger charge is 2.35. The van der Waals surface area contributed by atoms with Crippen LogP contribution in [0.25, 0.3) is 11.3 Å². The zero-order chi connectivity index (χ0) is 25.8. The highest BCUT2D eigenvalue weighted by Crippen LogP contribution is 2.41. The monoisotopic (exact) mass is 510 g/mol. The van der Waals surface area contributed by atoms with Crippen molar-refractivity contribution in [3.63, 3.8) is 0 Å². The van der Waals surface area contributed by atoms with Crippen LogP contribution in [0.15, 0.2) is 60.8 Å². The van der Waals surface area contributed by atoms with Gasteiger partial charge in [-0.15, -0.1) is 0 Å². The van der Waals surface area contributed by atoms with Crippen LogP contribution in [0.3, 0.4) is 0 Å². The molecule has 0 unspecified atom stereocenters. The van der Waals surface area contributed by atoms with Crippen molar-refractivity contribution in [2.45, 2.75) is 31.4 Å². The number of esters is 1. The standard InChI is InChI=1S/C29H29F3N2O3/c30-29(31,32)26-17-20(19-33-27(26)22-4-2-1-3-5-22)16-24-9-8-23(21-6-7-21)18-25(24)28(35)37-15-12-34-10-13-36-14-11-34/h1-5,8-9,17-19,21H,6-7,10-16H2. The molecule has 0 amide bonds. The fourth-order valence-electron chi connectivity index (χ4n) is 4.65. The second kappa shape index (κ2) is 11.0. The molecule has 2 fully saturated rings. The molecule has 3 aromatic rings. The molecule has 2 aromatic carbocycles. The highest BCUT2D eigenvalue weighted by atomic mass is 19.4. The third-order valence-electron chi connectivity index (χ3n) is 6.84. The van der Waals surface area contributed by atoms with Gasteiger partial charge in [0.1, 0.15) is 6.61 Å². The van der Waals surface area contributed by atoms with Gasteiger partial charge in [-0.3, -0.25) is 9.88 Å². The minimum atomic E-state index is -4.56. The van der Waals surface area contributed by atoms with E-state index in [4.69, 9.17) is 9.47 Å². The van der Waals surface area contributed by atoms with Crippen molar-refractivity contribution in [3.05, 3.63) is 88.6 Å². The Kier molecular flexibility index (Phi) is 7.58. The summed E-state index contributed by atoms with van der Waals surface area (Å²) in [5.74, 6) is -0.0201. The normalized spacial score (nSPS) is 16.5. The fourth-order valence-corrected chi connectivity index (χ4v) is 4.65. The van der Waals surface area contributed by atoms with Crippen molar-refractivity contribution in [1.29, 1.82) is 0 Å². The molecule has 2 aliphatic rings. The molecule has 1 aliphatic heterocycles. The SMILES string of the molecule is O=C(OCCN1CCOCC1)c1cc(C2CC2)ccc1Cc1cnc(-c2ccccc2)c(C(F)(F)F)c1. The Morgan fingerprint density at radius 1 is 1.05 bits per heavy atom. The van der Waals surface area contributed by atoms with Crippen molar-refractivity contribution in [2.24, 2.45) is 0 Å². The summed E-state index contributed by atoms with van der Waals surface area (Å²) in [6, 6.07) is 15.1. The average Bonchev–Trinajstić information content (AvgIpc) is 3.75. The number of alkyl halides is 3. The summed E-state index contributed by atoms with van der Waals surface area (Å²) in [6.07, 6.45) is -0.815. The van der Waals surface area contributed by atoms with Gasteiger partial charge in [0.2, 0.25) is 0 Å². The number of pyridine rings is 1. The average molecular weight is 511 g/mol. The van der Waals surface area contributed by atoms with E-state index in [2.05, 4.69) is 9.88 Å². The minimum absolute atomic E-state index is 0.108. The molecule has 1 aromatic heterocycles. The third-order valence-corrected chi connectivity index (χ3v) is 6.84. The smallest absolute Gasteiger partial charge is 0.418 e. The van der Waals surface area contributed by atoms with Crippen LogP contribution >= 0.6 is 0 Å². The lowest BCUT2D eigenvalue weighted by molar-refractivity contribution is -0.137. The Labute approximate surface area is 214 Å². The molecule has 0 radical (unpaired) electrons. The van der Waals surface area contributed by atoms with Crippen LogP contribution in [-0.2, 0) is 22.1 Å². The summed E-state index contributed by atoms with van der Waals surface area (Å²) >= 11 is 0. The largest absolute Gasteiger partial charge is 0.461 e. The Balaban J connectivity index is 1.38. The summed E-state index contributed by atoms with van der Waals surface area (Å²) in [4.78, 5) is 19.5. The number of hydrogen-bond donors (Lipinski definition) is 0. The Morgan fingerprint density at radius 2 is 1.81 bits per heavy atom. The van der Waals surface area contributed by atoms with Crippen LogP contribution in [0.2, 0.25) is 0 Å². The van der Waals surface area contributed by atoms with E-state index in [9.17, 15) is 18.0 Å². The van der Waals surface area contributed by atoms with Gasteiger partial charge in [0.15, 0.2) is 0 Å². The quantitative estimate of drug-likeness (QED) is 0.363. The van der Waals surface area contributed by atoms with E-state index in [1.807, 2.05) is 18.2 Å². The predicted molar refractivity (Wildman–Crippen MR) is 133 cm³/mol. The number of carbonyl (C=O) groups is 1. The van der Waals surface area contributed by atoms with Gasteiger partial charge in [-0.05, 0) is 54.0 Å². The zero-order valence-electron chi connectivity index (χ0n) is 20.5. The van der Waals surface area contributed by atoms with Crippen molar-refractivity contribution >= 4 is 5.97 Å². The summed E-state index contributed by atoms with van der Waals surface area (Å²) in [6.45, 7) is 3.79. The van der Waals surface area contributed by atoms with E-state index >= 15 is 0 Å². The molecule has 0 N–H and O–H groups in total. The van der Waals surface area contributed by atoms with E-state index in [0.717, 1.165) is 37.6 Å². The lowest BCUT2D eigenvalue weighted by atomic mass is 9.95. The van der Waals surface area contributed by atoms with Crippen LogP contribution in [0.1, 0.15) is 51.4 Å². The Morgan fingerprint density at radius 3 is 2.51 bits per heavy atom. The molecular weight excluding hydrogens is 481 g/mol. The van der Waals surface area contributed by atoms with Gasteiger partial charge in [0, 0.05) is 31.4 Å². The maximum absolute atomic E-state index is 14.0. The first-order chi connectivity index (χ1) is 17.9. The second-order valence-electron chi connectivity index (χ2n) is 9.56. The first-order valence-electron chi connectivity index (χ1n) is 12.6. The molecule has 0 spiro atoms. The molecular formula is C29H29F3N2O3. The van der Waals surface area contributed by atoms with E-state index in [1.54, 1.807) is 30.3 Å². The number of ether oxygens (including phenoxy) is 2. The number of benzene rings is 2. The number of carbonyl (C=O) groups excluding carboxylic acids is 1. The lowest BCUT2D eigenvalue weighted by Crippen LogP contribution is -2.38. The van der Waals surface area contributed by atoms with E-state index in [1.165, 1.54) is 6.20 Å². The predicted octanol–water partition coefficient (Wildman–Crippen LogP) is 5.72. The number of nitrogens with zero attached hydrogens (tertiary/aromatic N) is 2. The molecule has 5 rings (SSSR count). The summed E-state index contributed by atoms with van der Waals surface area (Å²) in [5, 5.41) is 0. The van der Waals surface area contributed by atoms with Crippen LogP contribution in [0, 0.1) is 0 Å². The van der Waals surface area contributed by atoms with Gasteiger partial charge >= 0.3 is 12.1 Å². The number of halogens is 3. The van der Waals surface area contributed by atoms with E-state index in [-0.39, 0.29) is 18.7 Å². The Bertz CT molecular complexity index is 1240. The minimum Gasteiger partial charge on any atom is -0.461 e. The van der Waals surface area contributed by atoms with Crippen LogP contribution in [0.5, 0.6) is 0 Å². The van der Waals surface area contributed by atoms with Crippen LogP contribution in [0.4, 0.5) is 13.2 Å². The van der Waals surface area contributed by atoms with Gasteiger partial charge < -0.3 is 9.47 Å². The number of hydrogen-bond acceptors (Lipinski definition) is 5. The molecule has 1 saturated heterocycles. The van der Waals surface area contributed by atoms with Crippen molar-refractivity contribution in [3.8, 4) is 11.3 Å². The maximum Gasteiger partial charge on any atom is 0.418 e. The molecule has 8 heteroatoms. The van der Waals surface area contributed by atoms with Gasteiger partial charge in [-0.2, -0.15) is 13.2 Å². The van der Waals surface area contributed by atoms with E-state index in [0.29, 0.717) is 47.9 Å². The van der Waals surface area contributed by atoms with Crippen LogP contribution < -0.4 is 0 Å². The molecule has 2 heterocycles. The molecule has 0 atom stereocenters. The van der Waals surface area contributed by atoms with Gasteiger partial charge in [0.05, 0.1) is 30.0 Å². The second-order valence-corrected chi connectivity index (χ2v) is 9.56. The van der Waals surface area contributed by atoms with E-state index < -0.39 is 17.7 Å². The topological polar surface area (TPSA) is 51.7 Å². The zero-order valence-corrected chi connectivity index (χ0v) is 20.5. The first kappa shape index (κ1) is 25.4. The number of morpholine rings is 1. The number of aromatic nitrogens is 1. The lowest BCUT2D eigenvalue weighted by Gasteiger charge is -2.26. The molecule has 1 saturated carbocycles. The van der Waals surface area contributed by atoms with Gasteiger partial charge in [-0.1, -0.05) is 42.5 Å². The van der Waals surface area contributed by atoms with Crippen molar-refractivity contribution in [1.82, 2.24) is 9.88 Å². The summed E-state index contributed by atoms with van der Waals surface area (Å²) < 4.78 is 52.9. The maximum atomic E-state index is 14.0. The van der Waals surface area contributed by atoms with Gasteiger partial charge in [-0.25, -0.2) is 4.79 Å². The Hall–Kier alpha value is -3.23. The van der Waals surface area contributed by atoms with Crippen molar-refractivity contribution < 1.29 is 27.4 Å². The molecule has 0 bridgehead atoms. The highest BCUT2D eigenvalue weighted by molar-refractivity contribution is 5.91. The van der Waals surface area contributed by atoms with Gasteiger partial charge in [0.25, 0.3) is 0 Å². The third kappa shape index (κ3) is 6.37. The fraction of sp³-hybridized carbons (Fsp3) is 0.379.